The number of likely N-dealkylation sites (tertiary alicyclic amines) is 1. The van der Waals surface area contributed by atoms with Crippen LogP contribution in [0, 0.1) is 5.92 Å². The van der Waals surface area contributed by atoms with Gasteiger partial charge in [0.15, 0.2) is 5.96 Å². The van der Waals surface area contributed by atoms with Crippen LogP contribution in [0.15, 0.2) is 35.3 Å². The number of hydrogen-bond acceptors (Lipinski definition) is 4. The largest absolute Gasteiger partial charge is 0.356 e. The molecule has 0 saturated carbocycles. The maximum Gasteiger partial charge on any atom is 0.223 e. The van der Waals surface area contributed by atoms with E-state index in [1.807, 2.05) is 23.1 Å². The normalized spacial score (nSPS) is 21.9. The van der Waals surface area contributed by atoms with Crippen LogP contribution >= 0.6 is 0 Å². The molecule has 112 valence electrons. The molecule has 0 aliphatic carbocycles. The Hall–Kier alpha value is -2.04. The van der Waals surface area contributed by atoms with Crippen molar-refractivity contribution in [1.82, 2.24) is 15.5 Å². The summed E-state index contributed by atoms with van der Waals surface area (Å²) in [4.78, 5) is 18.4. The highest BCUT2D eigenvalue weighted by Crippen LogP contribution is 2.19. The van der Waals surface area contributed by atoms with E-state index in [1.165, 1.54) is 5.56 Å². The van der Waals surface area contributed by atoms with Gasteiger partial charge in [0.25, 0.3) is 0 Å². The van der Waals surface area contributed by atoms with E-state index in [1.54, 1.807) is 0 Å². The van der Waals surface area contributed by atoms with Crippen molar-refractivity contribution in [2.45, 2.75) is 19.4 Å². The van der Waals surface area contributed by atoms with Crippen LogP contribution in [0.2, 0.25) is 0 Å². The van der Waals surface area contributed by atoms with E-state index in [0.29, 0.717) is 12.3 Å². The highest BCUT2D eigenvalue weighted by Gasteiger charge is 2.29. The molecule has 2 aliphatic heterocycles. The van der Waals surface area contributed by atoms with Crippen molar-refractivity contribution in [3.8, 4) is 0 Å². The molecular weight excluding hydrogens is 264 g/mol. The molecule has 1 aromatic rings. The highest BCUT2D eigenvalue weighted by atomic mass is 16.2. The third kappa shape index (κ3) is 3.74. The van der Waals surface area contributed by atoms with E-state index in [9.17, 15) is 4.79 Å². The van der Waals surface area contributed by atoms with E-state index < -0.39 is 0 Å². The van der Waals surface area contributed by atoms with E-state index in [2.05, 4.69) is 27.8 Å². The molecule has 5 heteroatoms. The number of carbonyl (C=O) groups is 1. The second kappa shape index (κ2) is 6.61. The van der Waals surface area contributed by atoms with Crippen LogP contribution in [0.25, 0.3) is 0 Å². The summed E-state index contributed by atoms with van der Waals surface area (Å²) in [6, 6.07) is 10.2. The standard InChI is InChI=1S/C16H22N4O/c21-15-9-14(10-19-16-17-7-4-8-18-16)12-20(15)11-13-5-2-1-3-6-13/h1-3,5-6,14H,4,7-12H2,(H2,17,18,19). The zero-order valence-electron chi connectivity index (χ0n) is 12.2. The summed E-state index contributed by atoms with van der Waals surface area (Å²) in [6.45, 7) is 4.22. The summed E-state index contributed by atoms with van der Waals surface area (Å²) in [7, 11) is 0. The number of amides is 1. The SMILES string of the molecule is O=C1CC(CNC2=NCCCN2)CN1Cc1ccccc1. The molecule has 2 aliphatic rings. The van der Waals surface area contributed by atoms with E-state index in [0.717, 1.165) is 45.1 Å². The third-order valence-electron chi connectivity index (χ3n) is 3.97. The van der Waals surface area contributed by atoms with Crippen LogP contribution in [0.4, 0.5) is 0 Å². The second-order valence-corrected chi connectivity index (χ2v) is 5.72. The van der Waals surface area contributed by atoms with Crippen LogP contribution < -0.4 is 10.6 Å². The lowest BCUT2D eigenvalue weighted by Gasteiger charge is -2.19. The Balaban J connectivity index is 1.49. The van der Waals surface area contributed by atoms with Crippen LogP contribution in [0.3, 0.4) is 0 Å². The predicted octanol–water partition coefficient (Wildman–Crippen LogP) is 0.974. The number of aliphatic imine (C=N–C) groups is 1. The number of guanidine groups is 1. The molecule has 3 rings (SSSR count). The molecule has 1 saturated heterocycles. The fraction of sp³-hybridized carbons (Fsp3) is 0.500. The Labute approximate surface area is 125 Å². The monoisotopic (exact) mass is 286 g/mol. The smallest absolute Gasteiger partial charge is 0.223 e. The average molecular weight is 286 g/mol. The summed E-state index contributed by atoms with van der Waals surface area (Å²) < 4.78 is 0. The van der Waals surface area contributed by atoms with Gasteiger partial charge >= 0.3 is 0 Å². The molecular formula is C16H22N4O. The Morgan fingerprint density at radius 3 is 2.95 bits per heavy atom. The second-order valence-electron chi connectivity index (χ2n) is 5.72. The van der Waals surface area contributed by atoms with Gasteiger partial charge in [0.05, 0.1) is 0 Å². The summed E-state index contributed by atoms with van der Waals surface area (Å²) in [5.74, 6) is 1.51. The summed E-state index contributed by atoms with van der Waals surface area (Å²) >= 11 is 0. The lowest BCUT2D eigenvalue weighted by molar-refractivity contribution is -0.128. The first-order valence-corrected chi connectivity index (χ1v) is 7.65. The quantitative estimate of drug-likeness (QED) is 0.867. The van der Waals surface area contributed by atoms with Crippen molar-refractivity contribution in [2.24, 2.45) is 10.9 Å². The van der Waals surface area contributed by atoms with Crippen molar-refractivity contribution >= 4 is 11.9 Å². The number of rotatable bonds is 4. The lowest BCUT2D eigenvalue weighted by Crippen LogP contribution is -2.42. The highest BCUT2D eigenvalue weighted by molar-refractivity contribution is 5.81. The van der Waals surface area contributed by atoms with Gasteiger partial charge in [0.2, 0.25) is 5.91 Å². The Morgan fingerprint density at radius 1 is 1.33 bits per heavy atom. The van der Waals surface area contributed by atoms with Gasteiger partial charge in [-0.3, -0.25) is 9.79 Å². The molecule has 0 spiro atoms. The number of carbonyl (C=O) groups excluding carboxylic acids is 1. The van der Waals surface area contributed by atoms with E-state index in [4.69, 9.17) is 0 Å². The number of hydrogen-bond donors (Lipinski definition) is 2. The summed E-state index contributed by atoms with van der Waals surface area (Å²) in [6.07, 6.45) is 1.73. The summed E-state index contributed by atoms with van der Waals surface area (Å²) in [5, 5.41) is 6.57. The minimum atomic E-state index is 0.254. The van der Waals surface area contributed by atoms with Gasteiger partial charge in [-0.25, -0.2) is 0 Å². The van der Waals surface area contributed by atoms with Crippen molar-refractivity contribution in [2.75, 3.05) is 26.2 Å². The van der Waals surface area contributed by atoms with Crippen molar-refractivity contribution < 1.29 is 4.79 Å². The van der Waals surface area contributed by atoms with Crippen LogP contribution in [-0.4, -0.2) is 42.9 Å². The lowest BCUT2D eigenvalue weighted by atomic mass is 10.1. The van der Waals surface area contributed by atoms with Crippen molar-refractivity contribution in [1.29, 1.82) is 0 Å². The molecule has 1 fully saturated rings. The zero-order valence-corrected chi connectivity index (χ0v) is 12.2. The van der Waals surface area contributed by atoms with Gasteiger partial charge in [-0.15, -0.1) is 0 Å². The van der Waals surface area contributed by atoms with Gasteiger partial charge < -0.3 is 15.5 Å². The minimum Gasteiger partial charge on any atom is -0.356 e. The van der Waals surface area contributed by atoms with Crippen molar-refractivity contribution in [3.63, 3.8) is 0 Å². The first-order chi connectivity index (χ1) is 10.3. The maximum atomic E-state index is 12.1. The predicted molar refractivity (Wildman–Crippen MR) is 82.9 cm³/mol. The first kappa shape index (κ1) is 13.9. The molecule has 21 heavy (non-hydrogen) atoms. The molecule has 0 radical (unpaired) electrons. The third-order valence-corrected chi connectivity index (χ3v) is 3.97. The van der Waals surface area contributed by atoms with Crippen LogP contribution in [0.5, 0.6) is 0 Å². The fourth-order valence-corrected chi connectivity index (χ4v) is 2.84. The van der Waals surface area contributed by atoms with Gasteiger partial charge in [-0.2, -0.15) is 0 Å². The van der Waals surface area contributed by atoms with Gasteiger partial charge in [0, 0.05) is 45.1 Å². The topological polar surface area (TPSA) is 56.7 Å². The molecule has 2 heterocycles. The Kier molecular flexibility index (Phi) is 4.38. The molecule has 0 aromatic heterocycles. The number of benzene rings is 1. The molecule has 1 amide bonds. The number of nitrogens with one attached hydrogen (secondary N) is 2. The maximum absolute atomic E-state index is 12.1. The molecule has 5 nitrogen and oxygen atoms in total. The van der Waals surface area contributed by atoms with E-state index >= 15 is 0 Å². The molecule has 1 atom stereocenters. The first-order valence-electron chi connectivity index (χ1n) is 7.65. The Bertz CT molecular complexity index is 514. The van der Waals surface area contributed by atoms with Gasteiger partial charge in [-0.05, 0) is 12.0 Å². The van der Waals surface area contributed by atoms with Crippen LogP contribution in [-0.2, 0) is 11.3 Å². The van der Waals surface area contributed by atoms with Crippen molar-refractivity contribution in [3.05, 3.63) is 35.9 Å². The zero-order chi connectivity index (χ0) is 14.5. The fourth-order valence-electron chi connectivity index (χ4n) is 2.84. The molecule has 1 aromatic carbocycles. The molecule has 0 bridgehead atoms. The minimum absolute atomic E-state index is 0.254. The van der Waals surface area contributed by atoms with Crippen LogP contribution in [0.1, 0.15) is 18.4 Å². The molecule has 1 unspecified atom stereocenters. The number of nitrogens with zero attached hydrogens (tertiary/aromatic N) is 2. The summed E-state index contributed by atoms with van der Waals surface area (Å²) in [5.41, 5.74) is 1.19. The van der Waals surface area contributed by atoms with Gasteiger partial charge in [-0.1, -0.05) is 30.3 Å². The Morgan fingerprint density at radius 2 is 2.19 bits per heavy atom. The van der Waals surface area contributed by atoms with E-state index in [-0.39, 0.29) is 5.91 Å². The average Bonchev–Trinajstić information content (AvgIpc) is 2.87. The van der Waals surface area contributed by atoms with Gasteiger partial charge in [0.1, 0.15) is 0 Å². The molecule has 2 N–H and O–H groups in total.